The highest BCUT2D eigenvalue weighted by molar-refractivity contribution is 9.10. The van der Waals surface area contributed by atoms with Gasteiger partial charge in [-0.25, -0.2) is 9.74 Å². The average molecular weight is 199 g/mol. The largest absolute Gasteiger partial charge is 0.415 e. The Kier molecular flexibility index (Phi) is 3.37. The Morgan fingerprint density at radius 3 is 2.22 bits per heavy atom. The van der Waals surface area contributed by atoms with Crippen LogP contribution in [0.5, 0.6) is 0 Å². The molecule has 0 N–H and O–H groups in total. The van der Waals surface area contributed by atoms with Gasteiger partial charge in [-0.05, 0) is 6.92 Å². The Morgan fingerprint density at radius 2 is 2.11 bits per heavy atom. The molecule has 1 unspecified atom stereocenters. The summed E-state index contributed by atoms with van der Waals surface area (Å²) in [4.78, 5) is 22.2. The Labute approximate surface area is 59.2 Å². The number of carbonyl (C=O) groups excluding carboxylic acids is 2. The molecule has 0 aliphatic carbocycles. The Morgan fingerprint density at radius 1 is 1.67 bits per heavy atom. The van der Waals surface area contributed by atoms with Crippen molar-refractivity contribution >= 4 is 27.7 Å². The monoisotopic (exact) mass is 198 g/mol. The third-order valence-corrected chi connectivity index (χ3v) is 1.05. The summed E-state index contributed by atoms with van der Waals surface area (Å²) in [6.07, 6.45) is 0. The fourth-order valence-corrected chi connectivity index (χ4v) is 0.387. The lowest BCUT2D eigenvalue weighted by atomic mass is 10.3. The van der Waals surface area contributed by atoms with E-state index in [1.807, 2.05) is 0 Å². The summed E-state index contributed by atoms with van der Waals surface area (Å²) in [6.45, 7) is 1.40. The first kappa shape index (κ1) is 8.55. The first-order valence-electron chi connectivity index (χ1n) is 2.10. The Balaban J connectivity index is 3.89. The third-order valence-electron chi connectivity index (χ3n) is 0.633. The van der Waals surface area contributed by atoms with Crippen LogP contribution in [0.1, 0.15) is 6.92 Å². The van der Waals surface area contributed by atoms with Crippen LogP contribution in [-0.2, 0) is 14.5 Å². The number of hydrogen-bond acceptors (Lipinski definition) is 3. The molecule has 9 heavy (non-hydrogen) atoms. The van der Waals surface area contributed by atoms with Gasteiger partial charge in [0, 0.05) is 4.53 Å². The molecule has 0 amide bonds. The quantitative estimate of drug-likeness (QED) is 0.487. The first-order valence-corrected chi connectivity index (χ1v) is 3.02. The number of ketones is 1. The van der Waals surface area contributed by atoms with Gasteiger partial charge in [0.05, 0.1) is 4.83 Å². The maximum absolute atomic E-state index is 10.9. The predicted molar refractivity (Wildman–Crippen MR) is 30.6 cm³/mol. The van der Waals surface area contributed by atoms with Gasteiger partial charge in [0.1, 0.15) is 0 Å². The molecule has 0 spiro atoms. The van der Waals surface area contributed by atoms with Crippen molar-refractivity contribution in [3.05, 3.63) is 0 Å². The van der Waals surface area contributed by atoms with Crippen molar-refractivity contribution in [3.8, 4) is 0 Å². The van der Waals surface area contributed by atoms with E-state index < -0.39 is 16.6 Å². The lowest BCUT2D eigenvalue weighted by Gasteiger charge is -1.93. The van der Waals surface area contributed by atoms with Gasteiger partial charge >= 0.3 is 5.97 Å². The van der Waals surface area contributed by atoms with Gasteiger partial charge in [-0.3, -0.25) is 4.79 Å². The van der Waals surface area contributed by atoms with E-state index in [4.69, 9.17) is 0 Å². The topological polar surface area (TPSA) is 43.4 Å². The number of carbonyl (C=O) groups is 2. The van der Waals surface area contributed by atoms with Gasteiger partial charge in [-0.2, -0.15) is 0 Å². The third kappa shape index (κ3) is 2.55. The van der Waals surface area contributed by atoms with Crippen LogP contribution in [0.15, 0.2) is 0 Å². The summed E-state index contributed by atoms with van der Waals surface area (Å²) >= 11 is 2.76. The van der Waals surface area contributed by atoms with Crippen molar-refractivity contribution in [3.63, 3.8) is 0 Å². The van der Waals surface area contributed by atoms with E-state index in [-0.39, 0.29) is 0 Å². The Bertz CT molecular complexity index is 134. The second-order valence-electron chi connectivity index (χ2n) is 1.34. The lowest BCUT2D eigenvalue weighted by Crippen LogP contribution is -2.21. The highest BCUT2D eigenvalue weighted by Gasteiger charge is 2.20. The molecule has 0 fully saturated rings. The van der Waals surface area contributed by atoms with Gasteiger partial charge in [0.15, 0.2) is 0 Å². The minimum atomic E-state index is -1.47. The van der Waals surface area contributed by atoms with Crippen LogP contribution in [0.3, 0.4) is 0 Å². The minimum Gasteiger partial charge on any atom is -0.285 e. The van der Waals surface area contributed by atoms with Gasteiger partial charge in [0.25, 0.3) is 5.78 Å². The molecule has 0 heterocycles. The maximum atomic E-state index is 10.9. The summed E-state index contributed by atoms with van der Waals surface area (Å²) in [5.74, 6) is -2.41. The van der Waals surface area contributed by atoms with E-state index in [2.05, 4.69) is 20.9 Å². The molecular formula is C4H4BrFO3. The molecule has 0 saturated carbocycles. The second-order valence-corrected chi connectivity index (χ2v) is 2.72. The van der Waals surface area contributed by atoms with E-state index in [9.17, 15) is 14.1 Å². The maximum Gasteiger partial charge on any atom is 0.415 e. The summed E-state index contributed by atoms with van der Waals surface area (Å²) < 4.78 is 10.9. The SMILES string of the molecule is CC(Br)C(=O)C(=O)OF. The zero-order valence-electron chi connectivity index (χ0n) is 4.56. The molecule has 0 rings (SSSR count). The summed E-state index contributed by atoms with van der Waals surface area (Å²) in [5.41, 5.74) is 0. The molecule has 0 aliphatic heterocycles. The molecule has 0 aliphatic rings. The molecule has 1 atom stereocenters. The van der Waals surface area contributed by atoms with Crippen molar-refractivity contribution in [2.45, 2.75) is 11.8 Å². The Hall–Kier alpha value is -0.450. The van der Waals surface area contributed by atoms with E-state index in [0.29, 0.717) is 0 Å². The van der Waals surface area contributed by atoms with Crippen molar-refractivity contribution in [2.24, 2.45) is 0 Å². The number of rotatable bonds is 2. The molecule has 0 saturated heterocycles. The van der Waals surface area contributed by atoms with Crippen LogP contribution in [0.25, 0.3) is 0 Å². The van der Waals surface area contributed by atoms with E-state index in [1.165, 1.54) is 6.92 Å². The molecule has 5 heteroatoms. The van der Waals surface area contributed by atoms with Crippen LogP contribution in [0.4, 0.5) is 4.53 Å². The van der Waals surface area contributed by atoms with Crippen LogP contribution < -0.4 is 0 Å². The van der Waals surface area contributed by atoms with E-state index in [1.54, 1.807) is 0 Å². The second kappa shape index (κ2) is 3.55. The highest BCUT2D eigenvalue weighted by Crippen LogP contribution is 1.99. The molecular weight excluding hydrogens is 195 g/mol. The summed E-state index contributed by atoms with van der Waals surface area (Å²) in [6, 6.07) is 0. The molecule has 0 aromatic heterocycles. The number of halogens is 2. The summed E-state index contributed by atoms with van der Waals surface area (Å²) in [5, 5.41) is 0. The van der Waals surface area contributed by atoms with Crippen molar-refractivity contribution in [1.29, 1.82) is 0 Å². The predicted octanol–water partition coefficient (Wildman–Crippen LogP) is 0.767. The smallest absolute Gasteiger partial charge is 0.285 e. The minimum absolute atomic E-state index is 0.694. The molecule has 52 valence electrons. The number of hydrogen-bond donors (Lipinski definition) is 0. The standard InChI is InChI=1S/C4H4BrFO3/c1-2(5)3(7)4(8)9-6/h2H,1H3. The molecule has 0 aromatic rings. The van der Waals surface area contributed by atoms with E-state index >= 15 is 0 Å². The molecule has 0 bridgehead atoms. The van der Waals surface area contributed by atoms with Gasteiger partial charge in [-0.1, -0.05) is 15.9 Å². The van der Waals surface area contributed by atoms with Gasteiger partial charge in [0.2, 0.25) is 0 Å². The van der Waals surface area contributed by atoms with Crippen LogP contribution in [0, 0.1) is 0 Å². The average Bonchev–Trinajstić information content (AvgIpc) is 1.84. The van der Waals surface area contributed by atoms with Crippen molar-refractivity contribution < 1.29 is 19.1 Å². The van der Waals surface area contributed by atoms with Crippen LogP contribution in [0.2, 0.25) is 0 Å². The first-order chi connectivity index (χ1) is 4.09. The molecule has 3 nitrogen and oxygen atoms in total. The molecule has 0 aromatic carbocycles. The zero-order valence-corrected chi connectivity index (χ0v) is 6.14. The van der Waals surface area contributed by atoms with Gasteiger partial charge < -0.3 is 0 Å². The van der Waals surface area contributed by atoms with Crippen LogP contribution in [-0.4, -0.2) is 16.6 Å². The normalized spacial score (nSPS) is 12.3. The highest BCUT2D eigenvalue weighted by atomic mass is 79.9. The van der Waals surface area contributed by atoms with Crippen molar-refractivity contribution in [1.82, 2.24) is 0 Å². The zero-order chi connectivity index (χ0) is 7.44. The molecule has 0 radical (unpaired) electrons. The summed E-state index contributed by atoms with van der Waals surface area (Å²) in [7, 11) is 0. The van der Waals surface area contributed by atoms with Crippen LogP contribution >= 0.6 is 15.9 Å². The lowest BCUT2D eigenvalue weighted by molar-refractivity contribution is -0.185. The van der Waals surface area contributed by atoms with E-state index in [0.717, 1.165) is 0 Å². The van der Waals surface area contributed by atoms with Gasteiger partial charge in [-0.15, -0.1) is 0 Å². The number of Topliss-reactive ketones (excluding diaryl/α,β-unsaturated/α-hetero) is 1. The number of alkyl halides is 1. The fourth-order valence-electron chi connectivity index (χ4n) is 0.200. The van der Waals surface area contributed by atoms with Crippen molar-refractivity contribution in [2.75, 3.05) is 0 Å². The fraction of sp³-hybridized carbons (Fsp3) is 0.500.